The number of hydrogen-bond acceptors (Lipinski definition) is 5. The van der Waals surface area contributed by atoms with Crippen molar-refractivity contribution in [1.29, 1.82) is 0 Å². The van der Waals surface area contributed by atoms with Gasteiger partial charge in [0.05, 0.1) is 0 Å². The summed E-state index contributed by atoms with van der Waals surface area (Å²) in [4.78, 5) is 24.5. The van der Waals surface area contributed by atoms with E-state index in [0.29, 0.717) is 13.0 Å². The summed E-state index contributed by atoms with van der Waals surface area (Å²) in [5.74, 6) is -1.88. The molecule has 0 aliphatic rings. The molecule has 5 nitrogen and oxygen atoms in total. The van der Waals surface area contributed by atoms with Crippen LogP contribution in [0.5, 0.6) is 11.5 Å². The van der Waals surface area contributed by atoms with E-state index in [2.05, 4.69) is 5.32 Å². The first-order valence-corrected chi connectivity index (χ1v) is 8.45. The lowest BCUT2D eigenvalue weighted by atomic mass is 9.90. The number of aromatic hydroxyl groups is 2. The number of nitrogens with one attached hydrogen (secondary N) is 1. The van der Waals surface area contributed by atoms with Crippen LogP contribution in [0.25, 0.3) is 0 Å². The van der Waals surface area contributed by atoms with E-state index in [4.69, 9.17) is 0 Å². The average Bonchev–Trinajstić information content (AvgIpc) is 2.82. The van der Waals surface area contributed by atoms with Crippen LogP contribution >= 0.6 is 11.3 Å². The summed E-state index contributed by atoms with van der Waals surface area (Å²) < 4.78 is 0. The second-order valence-corrected chi connectivity index (χ2v) is 7.55. The van der Waals surface area contributed by atoms with E-state index in [1.54, 1.807) is 20.8 Å². The standard InChI is InChI=1S/C18H21NO4S/c1-18(2,3)16(22)14-12(20)13(21)15(24-14)17(23)19-10-9-11-7-5-4-6-8-11/h4-8,20-21H,9-10H2,1-3H3,(H,19,23). The van der Waals surface area contributed by atoms with Crippen molar-refractivity contribution in [3.8, 4) is 11.5 Å². The summed E-state index contributed by atoms with van der Waals surface area (Å²) in [7, 11) is 0. The van der Waals surface area contributed by atoms with Crippen LogP contribution in [0.4, 0.5) is 0 Å². The van der Waals surface area contributed by atoms with E-state index in [1.807, 2.05) is 30.3 Å². The van der Waals surface area contributed by atoms with Crippen LogP contribution < -0.4 is 5.32 Å². The number of hydrogen-bond donors (Lipinski definition) is 3. The third-order valence-electron chi connectivity index (χ3n) is 3.49. The Hall–Kier alpha value is -2.34. The predicted octanol–water partition coefficient (Wildman–Crippen LogP) is 3.36. The number of rotatable bonds is 5. The maximum Gasteiger partial charge on any atom is 0.265 e. The summed E-state index contributed by atoms with van der Waals surface area (Å²) in [6, 6.07) is 9.68. The van der Waals surface area contributed by atoms with Gasteiger partial charge in [-0.05, 0) is 12.0 Å². The molecule has 6 heteroatoms. The second kappa shape index (κ2) is 7.05. The minimum atomic E-state index is -0.712. The number of carbonyl (C=O) groups is 2. The van der Waals surface area contributed by atoms with Crippen molar-refractivity contribution in [2.24, 2.45) is 5.41 Å². The molecule has 0 saturated carbocycles. The lowest BCUT2D eigenvalue weighted by molar-refractivity contribution is 0.0859. The van der Waals surface area contributed by atoms with Gasteiger partial charge in [0.1, 0.15) is 9.75 Å². The molecule has 2 rings (SSSR count). The molecule has 0 saturated heterocycles. The molecule has 1 amide bonds. The van der Waals surface area contributed by atoms with Crippen LogP contribution in [0.15, 0.2) is 30.3 Å². The zero-order chi connectivity index (χ0) is 17.9. The Kier molecular flexibility index (Phi) is 5.29. The molecular weight excluding hydrogens is 326 g/mol. The molecule has 2 aromatic rings. The highest BCUT2D eigenvalue weighted by atomic mass is 32.1. The van der Waals surface area contributed by atoms with Crippen LogP contribution in [0.2, 0.25) is 0 Å². The average molecular weight is 347 g/mol. The minimum Gasteiger partial charge on any atom is -0.503 e. The molecule has 0 aliphatic carbocycles. The fourth-order valence-corrected chi connectivity index (χ4v) is 3.26. The maximum absolute atomic E-state index is 12.3. The fraction of sp³-hybridized carbons (Fsp3) is 0.333. The van der Waals surface area contributed by atoms with Gasteiger partial charge < -0.3 is 15.5 Å². The molecule has 1 aromatic heterocycles. The van der Waals surface area contributed by atoms with Crippen molar-refractivity contribution < 1.29 is 19.8 Å². The van der Waals surface area contributed by atoms with Crippen molar-refractivity contribution in [3.63, 3.8) is 0 Å². The van der Waals surface area contributed by atoms with Gasteiger partial charge in [-0.2, -0.15) is 0 Å². The Balaban J connectivity index is 2.09. The van der Waals surface area contributed by atoms with Gasteiger partial charge in [-0.15, -0.1) is 11.3 Å². The monoisotopic (exact) mass is 347 g/mol. The summed E-state index contributed by atoms with van der Waals surface area (Å²) in [5.41, 5.74) is 0.371. The van der Waals surface area contributed by atoms with Gasteiger partial charge in [0.2, 0.25) is 0 Å². The van der Waals surface area contributed by atoms with E-state index < -0.39 is 22.8 Å². The molecule has 0 aliphatic heterocycles. The number of amides is 1. The second-order valence-electron chi connectivity index (χ2n) is 6.53. The number of benzene rings is 1. The predicted molar refractivity (Wildman–Crippen MR) is 93.9 cm³/mol. The summed E-state index contributed by atoms with van der Waals surface area (Å²) in [5, 5.41) is 22.6. The highest BCUT2D eigenvalue weighted by Gasteiger charge is 2.31. The molecule has 0 radical (unpaired) electrons. The van der Waals surface area contributed by atoms with E-state index >= 15 is 0 Å². The Bertz CT molecular complexity index is 744. The Morgan fingerprint density at radius 3 is 2.21 bits per heavy atom. The molecule has 0 atom stereocenters. The summed E-state index contributed by atoms with van der Waals surface area (Å²) >= 11 is 0.814. The molecule has 1 aromatic carbocycles. The molecule has 0 unspecified atom stereocenters. The number of ketones is 1. The summed E-state index contributed by atoms with van der Waals surface area (Å²) in [6.07, 6.45) is 0.651. The van der Waals surface area contributed by atoms with Crippen LogP contribution in [0, 0.1) is 5.41 Å². The third-order valence-corrected chi connectivity index (χ3v) is 4.66. The third kappa shape index (κ3) is 3.94. The molecule has 0 bridgehead atoms. The molecule has 128 valence electrons. The maximum atomic E-state index is 12.3. The van der Waals surface area contributed by atoms with Gasteiger partial charge >= 0.3 is 0 Å². The van der Waals surface area contributed by atoms with E-state index in [-0.39, 0.29) is 15.5 Å². The largest absolute Gasteiger partial charge is 0.503 e. The normalized spacial score (nSPS) is 11.3. The highest BCUT2D eigenvalue weighted by Crippen LogP contribution is 2.42. The first kappa shape index (κ1) is 18.0. The first-order valence-electron chi connectivity index (χ1n) is 7.63. The molecular formula is C18H21NO4S. The minimum absolute atomic E-state index is 0.00760. The van der Waals surface area contributed by atoms with Crippen LogP contribution in [0.3, 0.4) is 0 Å². The molecule has 24 heavy (non-hydrogen) atoms. The Morgan fingerprint density at radius 1 is 1.04 bits per heavy atom. The van der Waals surface area contributed by atoms with Crippen molar-refractivity contribution in [2.75, 3.05) is 6.54 Å². The molecule has 1 heterocycles. The fourth-order valence-electron chi connectivity index (χ4n) is 2.11. The Labute approximate surface area is 145 Å². The molecule has 0 spiro atoms. The van der Waals surface area contributed by atoms with Crippen molar-refractivity contribution in [1.82, 2.24) is 5.32 Å². The number of thiophene rings is 1. The number of Topliss-reactive ketones (excluding diaryl/α,β-unsaturated/α-hetero) is 1. The van der Waals surface area contributed by atoms with Crippen LogP contribution in [0.1, 0.15) is 45.7 Å². The zero-order valence-corrected chi connectivity index (χ0v) is 14.7. The molecule has 0 fully saturated rings. The van der Waals surface area contributed by atoms with Crippen molar-refractivity contribution in [3.05, 3.63) is 45.6 Å². The van der Waals surface area contributed by atoms with E-state index in [9.17, 15) is 19.8 Å². The smallest absolute Gasteiger partial charge is 0.265 e. The highest BCUT2D eigenvalue weighted by molar-refractivity contribution is 7.16. The summed E-state index contributed by atoms with van der Waals surface area (Å²) in [6.45, 7) is 5.53. The lowest BCUT2D eigenvalue weighted by Gasteiger charge is -2.14. The van der Waals surface area contributed by atoms with Crippen molar-refractivity contribution >= 4 is 23.0 Å². The van der Waals surface area contributed by atoms with Crippen LogP contribution in [-0.2, 0) is 6.42 Å². The van der Waals surface area contributed by atoms with Gasteiger partial charge in [0.25, 0.3) is 5.91 Å². The topological polar surface area (TPSA) is 86.6 Å². The van der Waals surface area contributed by atoms with Gasteiger partial charge in [-0.25, -0.2) is 0 Å². The van der Waals surface area contributed by atoms with Gasteiger partial charge in [-0.3, -0.25) is 9.59 Å². The quantitative estimate of drug-likeness (QED) is 0.724. The molecule has 3 N–H and O–H groups in total. The number of carbonyl (C=O) groups excluding carboxylic acids is 2. The zero-order valence-electron chi connectivity index (χ0n) is 13.9. The van der Waals surface area contributed by atoms with E-state index in [1.165, 1.54) is 0 Å². The first-order chi connectivity index (χ1) is 11.2. The Morgan fingerprint density at radius 2 is 1.62 bits per heavy atom. The van der Waals surface area contributed by atoms with E-state index in [0.717, 1.165) is 16.9 Å². The van der Waals surface area contributed by atoms with Crippen LogP contribution in [-0.4, -0.2) is 28.4 Å². The lowest BCUT2D eigenvalue weighted by Crippen LogP contribution is -2.25. The van der Waals surface area contributed by atoms with Gasteiger partial charge in [-0.1, -0.05) is 51.1 Å². The van der Waals surface area contributed by atoms with Gasteiger partial charge in [0, 0.05) is 12.0 Å². The van der Waals surface area contributed by atoms with Crippen molar-refractivity contribution in [2.45, 2.75) is 27.2 Å². The van der Waals surface area contributed by atoms with Gasteiger partial charge in [0.15, 0.2) is 17.3 Å². The SMILES string of the molecule is CC(C)(C)C(=O)c1sc(C(=O)NCCc2ccccc2)c(O)c1O.